The first kappa shape index (κ1) is 16.3. The topological polar surface area (TPSA) is 39.6 Å². The van der Waals surface area contributed by atoms with E-state index in [1.807, 2.05) is 6.07 Å². The zero-order valence-corrected chi connectivity index (χ0v) is 14.4. The van der Waals surface area contributed by atoms with Crippen LogP contribution in [0.25, 0.3) is 6.08 Å². The van der Waals surface area contributed by atoms with Gasteiger partial charge in [0.2, 0.25) is 0 Å². The molecule has 0 aliphatic heterocycles. The molecule has 1 aliphatic rings. The van der Waals surface area contributed by atoms with Gasteiger partial charge >= 0.3 is 0 Å². The van der Waals surface area contributed by atoms with Crippen LogP contribution in [-0.2, 0) is 12.8 Å². The first-order chi connectivity index (χ1) is 9.90. The molecular formula is C17H21ClN2S. The van der Waals surface area contributed by atoms with Crippen LogP contribution in [-0.4, -0.2) is 4.98 Å². The van der Waals surface area contributed by atoms with Gasteiger partial charge in [-0.2, -0.15) is 5.26 Å². The van der Waals surface area contributed by atoms with Crippen molar-refractivity contribution in [2.24, 2.45) is 11.3 Å². The number of nitrogens with zero attached hydrogens (tertiary/aromatic N) is 1. The molecule has 1 aliphatic carbocycles. The number of aromatic amines is 1. The molecule has 0 fully saturated rings. The average Bonchev–Trinajstić information content (AvgIpc) is 2.46. The van der Waals surface area contributed by atoms with E-state index < -0.39 is 0 Å². The third kappa shape index (κ3) is 3.22. The Labute approximate surface area is 136 Å². The Morgan fingerprint density at radius 3 is 2.86 bits per heavy atom. The van der Waals surface area contributed by atoms with Crippen molar-refractivity contribution in [3.8, 4) is 6.07 Å². The van der Waals surface area contributed by atoms with Crippen LogP contribution in [0, 0.1) is 27.3 Å². The molecule has 0 radical (unpaired) electrons. The summed E-state index contributed by atoms with van der Waals surface area (Å²) in [7, 11) is 0. The number of hydrogen-bond donors (Lipinski definition) is 1. The molecule has 1 N–H and O–H groups in total. The number of fused-ring (bicyclic) bond motifs is 1. The third-order valence-electron chi connectivity index (χ3n) is 4.91. The quantitative estimate of drug-likeness (QED) is 0.592. The Hall–Kier alpha value is -1.11. The van der Waals surface area contributed by atoms with E-state index in [0.717, 1.165) is 29.8 Å². The molecule has 0 bridgehead atoms. The molecule has 112 valence electrons. The van der Waals surface area contributed by atoms with E-state index in [1.165, 1.54) is 23.8 Å². The average molecular weight is 321 g/mol. The molecule has 2 nitrogen and oxygen atoms in total. The SMILES string of the molecule is CCC(C)(C)C1CCc2[nH]c(=S)c(/C=C/C#N)c(Cl)c2C1. The van der Waals surface area contributed by atoms with Gasteiger partial charge in [-0.3, -0.25) is 0 Å². The molecule has 0 aromatic carbocycles. The van der Waals surface area contributed by atoms with Gasteiger partial charge in [0.15, 0.2) is 0 Å². The van der Waals surface area contributed by atoms with Gasteiger partial charge in [0, 0.05) is 17.3 Å². The van der Waals surface area contributed by atoms with Crippen LogP contribution in [0.3, 0.4) is 0 Å². The second kappa shape index (κ2) is 6.34. The van der Waals surface area contributed by atoms with E-state index in [2.05, 4.69) is 25.8 Å². The number of H-pyrrole nitrogens is 1. The van der Waals surface area contributed by atoms with Crippen molar-refractivity contribution in [3.05, 3.63) is 32.6 Å². The monoisotopic (exact) mass is 320 g/mol. The van der Waals surface area contributed by atoms with Gasteiger partial charge in [0.25, 0.3) is 0 Å². The summed E-state index contributed by atoms with van der Waals surface area (Å²) in [5.41, 5.74) is 3.43. The van der Waals surface area contributed by atoms with Crippen molar-refractivity contribution in [1.82, 2.24) is 4.98 Å². The maximum Gasteiger partial charge on any atom is 0.112 e. The molecule has 2 rings (SSSR count). The summed E-state index contributed by atoms with van der Waals surface area (Å²) in [4.78, 5) is 3.31. The van der Waals surface area contributed by atoms with Gasteiger partial charge in [-0.25, -0.2) is 0 Å². The van der Waals surface area contributed by atoms with Gasteiger partial charge < -0.3 is 4.98 Å². The summed E-state index contributed by atoms with van der Waals surface area (Å²) in [6.45, 7) is 6.91. The van der Waals surface area contributed by atoms with Crippen LogP contribution in [0.2, 0.25) is 5.02 Å². The Morgan fingerprint density at radius 1 is 1.52 bits per heavy atom. The van der Waals surface area contributed by atoms with Crippen LogP contribution in [0.1, 0.15) is 50.4 Å². The number of nitriles is 1. The van der Waals surface area contributed by atoms with Gasteiger partial charge in [-0.05, 0) is 42.2 Å². The molecular weight excluding hydrogens is 300 g/mol. The highest BCUT2D eigenvalue weighted by Gasteiger charge is 2.32. The van der Waals surface area contributed by atoms with Crippen LogP contribution >= 0.6 is 23.8 Å². The first-order valence-electron chi connectivity index (χ1n) is 7.40. The van der Waals surface area contributed by atoms with E-state index in [0.29, 0.717) is 16.0 Å². The fourth-order valence-electron chi connectivity index (χ4n) is 2.99. The molecule has 1 aromatic rings. The second-order valence-electron chi connectivity index (χ2n) is 6.38. The van der Waals surface area contributed by atoms with Crippen molar-refractivity contribution in [3.63, 3.8) is 0 Å². The number of allylic oxidation sites excluding steroid dienone is 1. The predicted molar refractivity (Wildman–Crippen MR) is 90.9 cm³/mol. The summed E-state index contributed by atoms with van der Waals surface area (Å²) >= 11 is 11.9. The van der Waals surface area contributed by atoms with E-state index in [-0.39, 0.29) is 0 Å². The first-order valence-corrected chi connectivity index (χ1v) is 8.19. The van der Waals surface area contributed by atoms with Crippen LogP contribution in [0.4, 0.5) is 0 Å². The lowest BCUT2D eigenvalue weighted by atomic mass is 9.69. The van der Waals surface area contributed by atoms with E-state index in [4.69, 9.17) is 29.1 Å². The van der Waals surface area contributed by atoms with Gasteiger partial charge in [-0.1, -0.05) is 51.0 Å². The lowest BCUT2D eigenvalue weighted by Crippen LogP contribution is -2.29. The molecule has 0 saturated carbocycles. The number of aryl methyl sites for hydroxylation is 1. The van der Waals surface area contributed by atoms with Gasteiger partial charge in [0.05, 0.1) is 11.1 Å². The number of aromatic nitrogens is 1. The molecule has 0 spiro atoms. The molecule has 0 saturated heterocycles. The Balaban J connectivity index is 2.46. The lowest BCUT2D eigenvalue weighted by molar-refractivity contribution is 0.182. The van der Waals surface area contributed by atoms with Crippen molar-refractivity contribution < 1.29 is 0 Å². The van der Waals surface area contributed by atoms with Gasteiger partial charge in [-0.15, -0.1) is 0 Å². The fraction of sp³-hybridized carbons (Fsp3) is 0.529. The van der Waals surface area contributed by atoms with Crippen molar-refractivity contribution in [1.29, 1.82) is 5.26 Å². The van der Waals surface area contributed by atoms with Gasteiger partial charge in [0.1, 0.15) is 4.64 Å². The lowest BCUT2D eigenvalue weighted by Gasteiger charge is -2.37. The second-order valence-corrected chi connectivity index (χ2v) is 7.17. The minimum atomic E-state index is 0.316. The van der Waals surface area contributed by atoms with Crippen LogP contribution in [0.15, 0.2) is 6.08 Å². The smallest absolute Gasteiger partial charge is 0.112 e. The van der Waals surface area contributed by atoms with E-state index >= 15 is 0 Å². The maximum atomic E-state index is 8.70. The molecule has 1 heterocycles. The minimum Gasteiger partial charge on any atom is -0.349 e. The number of halogens is 1. The molecule has 21 heavy (non-hydrogen) atoms. The van der Waals surface area contributed by atoms with Crippen molar-refractivity contribution in [2.75, 3.05) is 0 Å². The van der Waals surface area contributed by atoms with Crippen molar-refractivity contribution >= 4 is 29.9 Å². The summed E-state index contributed by atoms with van der Waals surface area (Å²) in [5, 5.41) is 9.42. The maximum absolute atomic E-state index is 8.70. The summed E-state index contributed by atoms with van der Waals surface area (Å²) < 4.78 is 0.624. The van der Waals surface area contributed by atoms with Crippen molar-refractivity contribution in [2.45, 2.75) is 46.5 Å². The number of nitrogens with one attached hydrogen (secondary N) is 1. The summed E-state index contributed by atoms with van der Waals surface area (Å²) in [5.74, 6) is 0.629. The zero-order chi connectivity index (χ0) is 15.6. The normalized spacial score (nSPS) is 18.5. The largest absolute Gasteiger partial charge is 0.349 e. The Morgan fingerprint density at radius 2 is 2.24 bits per heavy atom. The summed E-state index contributed by atoms with van der Waals surface area (Å²) in [6.07, 6.45) is 7.44. The highest BCUT2D eigenvalue weighted by atomic mass is 35.5. The molecule has 1 atom stereocenters. The van der Waals surface area contributed by atoms with E-state index in [1.54, 1.807) is 6.08 Å². The fourth-order valence-corrected chi connectivity index (χ4v) is 3.69. The van der Waals surface area contributed by atoms with Crippen LogP contribution < -0.4 is 0 Å². The Kier molecular flexibility index (Phi) is 4.91. The molecule has 1 unspecified atom stereocenters. The molecule has 1 aromatic heterocycles. The Bertz CT molecular complexity index is 665. The highest BCUT2D eigenvalue weighted by molar-refractivity contribution is 7.71. The molecule has 0 amide bonds. The zero-order valence-electron chi connectivity index (χ0n) is 12.8. The van der Waals surface area contributed by atoms with Crippen LogP contribution in [0.5, 0.6) is 0 Å². The number of rotatable bonds is 3. The number of pyridine rings is 1. The standard InChI is InChI=1S/C17H21ClN2S/c1-4-17(2,3)11-7-8-14-13(10-11)15(18)12(6-5-9-19)16(21)20-14/h5-6,11H,4,7-8,10H2,1-3H3,(H,20,21)/b6-5+. The highest BCUT2D eigenvalue weighted by Crippen LogP contribution is 2.41. The van der Waals surface area contributed by atoms with E-state index in [9.17, 15) is 0 Å². The molecule has 4 heteroatoms. The minimum absolute atomic E-state index is 0.316. The predicted octanol–water partition coefficient (Wildman–Crippen LogP) is 5.48. The summed E-state index contributed by atoms with van der Waals surface area (Å²) in [6, 6.07) is 1.99. The number of hydrogen-bond acceptors (Lipinski definition) is 2. The third-order valence-corrected chi connectivity index (χ3v) is 5.66.